The normalized spacial score (nSPS) is 15.1. The molecule has 0 bridgehead atoms. The maximum absolute atomic E-state index is 13.4. The highest BCUT2D eigenvalue weighted by Gasteiger charge is 2.29. The molecular weight excluding hydrogens is 475 g/mol. The van der Waals surface area contributed by atoms with Gasteiger partial charge < -0.3 is 30.0 Å². The number of halogens is 1. The Bertz CT molecular complexity index is 1090. The Morgan fingerprint density at radius 3 is 2.32 bits per heavy atom. The molecule has 1 aliphatic heterocycles. The number of alkyl carbamates (subject to hydrolysis) is 1. The van der Waals surface area contributed by atoms with Gasteiger partial charge >= 0.3 is 6.09 Å². The number of carbonyl (C=O) groups is 2. The van der Waals surface area contributed by atoms with Crippen molar-refractivity contribution in [2.45, 2.75) is 65.5 Å². The molecule has 0 saturated carbocycles. The molecular formula is C28H41FN4O4. The van der Waals surface area contributed by atoms with Crippen LogP contribution in [-0.2, 0) is 9.47 Å². The number of carbonyl (C=O) groups excluding carboxylic acids is 2. The molecule has 0 unspecified atom stereocenters. The Morgan fingerprint density at radius 1 is 1.11 bits per heavy atom. The summed E-state index contributed by atoms with van der Waals surface area (Å²) in [6.07, 6.45) is 1.03. The van der Waals surface area contributed by atoms with Crippen molar-refractivity contribution in [1.29, 1.82) is 0 Å². The Balaban J connectivity index is 1.49. The van der Waals surface area contributed by atoms with Crippen LogP contribution < -0.4 is 11.1 Å². The predicted octanol–water partition coefficient (Wildman–Crippen LogP) is 4.34. The van der Waals surface area contributed by atoms with Crippen LogP contribution in [0.25, 0.3) is 5.69 Å². The van der Waals surface area contributed by atoms with Crippen LogP contribution in [0.15, 0.2) is 30.3 Å². The van der Waals surface area contributed by atoms with E-state index in [-0.39, 0.29) is 17.6 Å². The second kappa shape index (κ2) is 11.6. The van der Waals surface area contributed by atoms with E-state index in [4.69, 9.17) is 15.2 Å². The number of amides is 2. The molecule has 8 nitrogen and oxygen atoms in total. The number of aryl methyl sites for hydroxylation is 1. The van der Waals surface area contributed by atoms with Crippen molar-refractivity contribution in [3.63, 3.8) is 0 Å². The number of likely N-dealkylation sites (tertiary alicyclic amines) is 1. The van der Waals surface area contributed by atoms with Crippen LogP contribution in [0, 0.1) is 25.6 Å². The fraction of sp³-hybridized carbons (Fsp3) is 0.571. The number of benzene rings is 1. The first-order valence-electron chi connectivity index (χ1n) is 12.8. The molecule has 1 saturated heterocycles. The molecule has 0 radical (unpaired) electrons. The van der Waals surface area contributed by atoms with Crippen molar-refractivity contribution in [2.24, 2.45) is 11.7 Å². The largest absolute Gasteiger partial charge is 0.449 e. The molecule has 3 rings (SSSR count). The van der Waals surface area contributed by atoms with Crippen LogP contribution in [0.2, 0.25) is 0 Å². The first kappa shape index (κ1) is 28.7. The van der Waals surface area contributed by atoms with Gasteiger partial charge in [-0.05, 0) is 90.6 Å². The predicted molar refractivity (Wildman–Crippen MR) is 141 cm³/mol. The summed E-state index contributed by atoms with van der Waals surface area (Å²) in [4.78, 5) is 27.5. The van der Waals surface area contributed by atoms with Crippen molar-refractivity contribution in [1.82, 2.24) is 14.8 Å². The van der Waals surface area contributed by atoms with Crippen LogP contribution in [0.1, 0.15) is 62.3 Å². The molecule has 1 aromatic heterocycles. The summed E-state index contributed by atoms with van der Waals surface area (Å²) >= 11 is 0. The molecule has 1 fully saturated rings. The minimum atomic E-state index is -0.598. The summed E-state index contributed by atoms with van der Waals surface area (Å²) in [6, 6.07) is 8.14. The van der Waals surface area contributed by atoms with Crippen molar-refractivity contribution < 1.29 is 23.5 Å². The van der Waals surface area contributed by atoms with Crippen molar-refractivity contribution in [3.8, 4) is 5.69 Å². The number of hydrogen-bond acceptors (Lipinski definition) is 5. The minimum absolute atomic E-state index is 0.0132. The maximum Gasteiger partial charge on any atom is 0.407 e. The average molecular weight is 517 g/mol. The first-order valence-corrected chi connectivity index (χ1v) is 12.8. The quantitative estimate of drug-likeness (QED) is 0.517. The molecule has 2 heterocycles. The van der Waals surface area contributed by atoms with E-state index >= 15 is 0 Å². The Hall–Kier alpha value is -2.91. The van der Waals surface area contributed by atoms with E-state index in [1.165, 1.54) is 12.1 Å². The smallest absolute Gasteiger partial charge is 0.407 e. The van der Waals surface area contributed by atoms with Crippen molar-refractivity contribution in [3.05, 3.63) is 53.1 Å². The van der Waals surface area contributed by atoms with Crippen molar-refractivity contribution in [2.75, 3.05) is 32.8 Å². The van der Waals surface area contributed by atoms with E-state index in [1.807, 2.05) is 57.1 Å². The molecule has 2 amide bonds. The zero-order valence-corrected chi connectivity index (χ0v) is 22.9. The molecule has 0 spiro atoms. The maximum atomic E-state index is 13.4. The number of rotatable bonds is 9. The van der Waals surface area contributed by atoms with E-state index < -0.39 is 17.2 Å². The molecule has 1 aliphatic rings. The lowest BCUT2D eigenvalue weighted by molar-refractivity contribution is -0.0362. The standard InChI is InChI=1S/C28H41FN4O4/c1-19-15-24(20(2)33(19)23-9-7-22(29)8-10-23)25(34)32-13-11-21(12-14-32)16-36-26(35)31-27(3,4)18-37-28(5,6)17-30/h7-10,15,21H,11-14,16-18,30H2,1-6H3,(H,31,35). The Labute approximate surface area is 219 Å². The van der Waals surface area contributed by atoms with Gasteiger partial charge in [-0.1, -0.05) is 0 Å². The zero-order chi connectivity index (χ0) is 27.4. The molecule has 0 aliphatic carbocycles. The van der Waals surface area contributed by atoms with Gasteiger partial charge in [-0.25, -0.2) is 9.18 Å². The lowest BCUT2D eigenvalue weighted by Crippen LogP contribution is -2.50. The summed E-state index contributed by atoms with van der Waals surface area (Å²) in [5.74, 6) is -0.117. The van der Waals surface area contributed by atoms with E-state index in [0.29, 0.717) is 38.4 Å². The Kier molecular flexibility index (Phi) is 9.02. The topological polar surface area (TPSA) is 98.8 Å². The Morgan fingerprint density at radius 2 is 1.73 bits per heavy atom. The van der Waals surface area contributed by atoms with Crippen LogP contribution in [0.4, 0.5) is 9.18 Å². The van der Waals surface area contributed by atoms with Gasteiger partial charge in [-0.3, -0.25) is 4.79 Å². The molecule has 2 aromatic rings. The number of aromatic nitrogens is 1. The highest BCUT2D eigenvalue weighted by Crippen LogP contribution is 2.25. The highest BCUT2D eigenvalue weighted by molar-refractivity contribution is 5.96. The van der Waals surface area contributed by atoms with Gasteiger partial charge in [0, 0.05) is 36.7 Å². The van der Waals surface area contributed by atoms with Crippen LogP contribution >= 0.6 is 0 Å². The van der Waals surface area contributed by atoms with Gasteiger partial charge in [0.15, 0.2) is 0 Å². The zero-order valence-electron chi connectivity index (χ0n) is 22.9. The summed E-state index contributed by atoms with van der Waals surface area (Å²) in [6.45, 7) is 13.6. The molecule has 37 heavy (non-hydrogen) atoms. The fourth-order valence-corrected chi connectivity index (χ4v) is 4.42. The van der Waals surface area contributed by atoms with Crippen LogP contribution in [-0.4, -0.2) is 65.5 Å². The van der Waals surface area contributed by atoms with Gasteiger partial charge in [-0.15, -0.1) is 0 Å². The van der Waals surface area contributed by atoms with Gasteiger partial charge in [-0.2, -0.15) is 0 Å². The summed E-state index contributed by atoms with van der Waals surface area (Å²) in [7, 11) is 0. The number of nitrogens with zero attached hydrogens (tertiary/aromatic N) is 2. The number of hydrogen-bond donors (Lipinski definition) is 2. The van der Waals surface area contributed by atoms with Crippen molar-refractivity contribution >= 4 is 12.0 Å². The van der Waals surface area contributed by atoms with Gasteiger partial charge in [0.1, 0.15) is 5.82 Å². The van der Waals surface area contributed by atoms with Gasteiger partial charge in [0.2, 0.25) is 0 Å². The third-order valence-electron chi connectivity index (χ3n) is 6.85. The van der Waals surface area contributed by atoms with E-state index in [1.54, 1.807) is 12.1 Å². The van der Waals surface area contributed by atoms with E-state index in [0.717, 1.165) is 29.9 Å². The minimum Gasteiger partial charge on any atom is -0.449 e. The number of ether oxygens (including phenoxy) is 2. The summed E-state index contributed by atoms with van der Waals surface area (Å²) in [5, 5.41) is 2.86. The lowest BCUT2D eigenvalue weighted by atomic mass is 9.97. The molecule has 0 atom stereocenters. The third-order valence-corrected chi connectivity index (χ3v) is 6.85. The SMILES string of the molecule is Cc1cc(C(=O)N2CCC(COC(=O)NC(C)(C)COC(C)(C)CN)CC2)c(C)n1-c1ccc(F)cc1. The van der Waals surface area contributed by atoms with E-state index in [9.17, 15) is 14.0 Å². The molecule has 204 valence electrons. The molecule has 1 aromatic carbocycles. The monoisotopic (exact) mass is 516 g/mol. The first-order chi connectivity index (χ1) is 17.3. The second-order valence-electron chi connectivity index (χ2n) is 11.2. The summed E-state index contributed by atoms with van der Waals surface area (Å²) in [5.41, 5.74) is 7.86. The lowest BCUT2D eigenvalue weighted by Gasteiger charge is -2.33. The van der Waals surface area contributed by atoms with Crippen LogP contribution in [0.3, 0.4) is 0 Å². The number of piperidine rings is 1. The summed E-state index contributed by atoms with van der Waals surface area (Å²) < 4.78 is 26.6. The van der Waals surface area contributed by atoms with Gasteiger partial charge in [0.25, 0.3) is 5.91 Å². The second-order valence-corrected chi connectivity index (χ2v) is 11.2. The average Bonchev–Trinajstić information content (AvgIpc) is 3.15. The van der Waals surface area contributed by atoms with Gasteiger partial charge in [0.05, 0.1) is 29.9 Å². The number of nitrogens with two attached hydrogens (primary N) is 1. The van der Waals surface area contributed by atoms with E-state index in [2.05, 4.69) is 5.32 Å². The van der Waals surface area contributed by atoms with Crippen LogP contribution in [0.5, 0.6) is 0 Å². The molecule has 9 heteroatoms. The number of nitrogens with one attached hydrogen (secondary N) is 1. The highest BCUT2D eigenvalue weighted by atomic mass is 19.1. The fourth-order valence-electron chi connectivity index (χ4n) is 4.42. The third kappa shape index (κ3) is 7.55. The molecule has 3 N–H and O–H groups in total.